The van der Waals surface area contributed by atoms with Crippen LogP contribution in [0.15, 0.2) is 39.6 Å². The number of fused-ring (bicyclic) bond motifs is 1. The number of carbonyl (C=O) groups is 2. The van der Waals surface area contributed by atoms with E-state index >= 15 is 0 Å². The molecule has 1 aromatic heterocycles. The summed E-state index contributed by atoms with van der Waals surface area (Å²) in [6, 6.07) is 7.29. The molecule has 10 nitrogen and oxygen atoms in total. The van der Waals surface area contributed by atoms with Crippen molar-refractivity contribution in [2.45, 2.75) is 24.3 Å². The minimum Gasteiger partial charge on any atom is -0.486 e. The number of rotatable bonds is 9. The van der Waals surface area contributed by atoms with E-state index in [9.17, 15) is 18.0 Å². The van der Waals surface area contributed by atoms with Crippen LogP contribution in [0.1, 0.15) is 29.2 Å². The summed E-state index contributed by atoms with van der Waals surface area (Å²) in [6.07, 6.45) is 0.252. The molecule has 0 spiro atoms. The fourth-order valence-electron chi connectivity index (χ4n) is 2.60. The number of nitrogens with one attached hydrogen (secondary N) is 1. The Labute approximate surface area is 173 Å². The van der Waals surface area contributed by atoms with Crippen molar-refractivity contribution in [2.24, 2.45) is 0 Å². The number of furan rings is 1. The Morgan fingerprint density at radius 1 is 1.10 bits per heavy atom. The number of methoxy groups -OCH3 is 1. The Bertz CT molecular complexity index is 1010. The van der Waals surface area contributed by atoms with Crippen molar-refractivity contribution >= 4 is 22.0 Å². The minimum atomic E-state index is -3.75. The van der Waals surface area contributed by atoms with Gasteiger partial charge in [0.2, 0.25) is 15.8 Å². The van der Waals surface area contributed by atoms with E-state index in [-0.39, 0.29) is 36.6 Å². The van der Waals surface area contributed by atoms with Crippen LogP contribution in [0.5, 0.6) is 11.5 Å². The molecule has 0 fully saturated rings. The Kier molecular flexibility index (Phi) is 6.95. The minimum absolute atomic E-state index is 0.00816. The largest absolute Gasteiger partial charge is 0.486 e. The number of sulfonamides is 1. The van der Waals surface area contributed by atoms with Gasteiger partial charge < -0.3 is 23.4 Å². The molecule has 0 radical (unpaired) electrons. The maximum Gasteiger partial charge on any atom is 0.373 e. The summed E-state index contributed by atoms with van der Waals surface area (Å²) in [4.78, 5) is 23.2. The predicted molar refractivity (Wildman–Crippen MR) is 102 cm³/mol. The van der Waals surface area contributed by atoms with Crippen LogP contribution in [0, 0.1) is 0 Å². The highest BCUT2D eigenvalue weighted by molar-refractivity contribution is 7.89. The lowest BCUT2D eigenvalue weighted by Crippen LogP contribution is -2.25. The predicted octanol–water partition coefficient (Wildman–Crippen LogP) is 1.64. The molecule has 3 rings (SSSR count). The molecule has 0 saturated carbocycles. The summed E-state index contributed by atoms with van der Waals surface area (Å²) < 4.78 is 52.7. The van der Waals surface area contributed by atoms with Gasteiger partial charge in [0.05, 0.1) is 12.0 Å². The molecule has 1 aromatic carbocycles. The molecule has 30 heavy (non-hydrogen) atoms. The first-order chi connectivity index (χ1) is 14.4. The van der Waals surface area contributed by atoms with Gasteiger partial charge in [0.25, 0.3) is 0 Å². The van der Waals surface area contributed by atoms with E-state index in [4.69, 9.17) is 18.6 Å². The fraction of sp³-hybridized carbons (Fsp3) is 0.368. The van der Waals surface area contributed by atoms with Gasteiger partial charge in [0, 0.05) is 19.0 Å². The van der Waals surface area contributed by atoms with Gasteiger partial charge in [-0.25, -0.2) is 17.9 Å². The lowest BCUT2D eigenvalue weighted by Gasteiger charge is -2.18. The molecule has 2 aromatic rings. The van der Waals surface area contributed by atoms with Gasteiger partial charge in [-0.2, -0.15) is 0 Å². The molecule has 1 aliphatic heterocycles. The second-order valence-corrected chi connectivity index (χ2v) is 7.99. The molecule has 1 aliphatic rings. The first-order valence-corrected chi connectivity index (χ1v) is 10.6. The monoisotopic (exact) mass is 439 g/mol. The van der Waals surface area contributed by atoms with Crippen LogP contribution in [-0.4, -0.2) is 47.2 Å². The second kappa shape index (κ2) is 9.63. The van der Waals surface area contributed by atoms with E-state index in [0.717, 1.165) is 0 Å². The van der Waals surface area contributed by atoms with E-state index in [2.05, 4.69) is 9.46 Å². The normalized spacial score (nSPS) is 13.0. The van der Waals surface area contributed by atoms with Gasteiger partial charge in [-0.1, -0.05) is 0 Å². The van der Waals surface area contributed by atoms with Crippen LogP contribution >= 0.6 is 0 Å². The SMILES string of the molecule is COC(=O)c1ccc(COC(=O)CCCNS(=O)(=O)c2ccc3c(c2)OCCO3)o1. The highest BCUT2D eigenvalue weighted by atomic mass is 32.2. The van der Waals surface area contributed by atoms with Crippen LogP contribution < -0.4 is 14.2 Å². The molecular weight excluding hydrogens is 418 g/mol. The van der Waals surface area contributed by atoms with E-state index in [1.807, 2.05) is 0 Å². The van der Waals surface area contributed by atoms with Crippen molar-refractivity contribution in [3.63, 3.8) is 0 Å². The standard InChI is InChI=1S/C19H21NO9S/c1-25-19(22)16-6-4-13(29-16)12-28-18(21)3-2-8-20-30(23,24)14-5-7-15-17(11-14)27-10-9-26-15/h4-7,11,20H,2-3,8-10,12H2,1H3. The van der Waals surface area contributed by atoms with Crippen molar-refractivity contribution in [1.29, 1.82) is 0 Å². The van der Waals surface area contributed by atoms with Crippen molar-refractivity contribution < 1.29 is 41.4 Å². The zero-order valence-electron chi connectivity index (χ0n) is 16.2. The first kappa shape index (κ1) is 21.7. The van der Waals surface area contributed by atoms with Gasteiger partial charge in [0.1, 0.15) is 25.6 Å². The molecule has 11 heteroatoms. The number of esters is 2. The maximum absolute atomic E-state index is 12.4. The quantitative estimate of drug-likeness (QED) is 0.458. The number of hydrogen-bond donors (Lipinski definition) is 1. The third kappa shape index (κ3) is 5.51. The van der Waals surface area contributed by atoms with Crippen molar-refractivity contribution in [3.8, 4) is 11.5 Å². The molecule has 0 bridgehead atoms. The molecule has 0 atom stereocenters. The van der Waals surface area contributed by atoms with Gasteiger partial charge in [-0.3, -0.25) is 4.79 Å². The Hall–Kier alpha value is -3.05. The van der Waals surface area contributed by atoms with Gasteiger partial charge in [0.15, 0.2) is 11.5 Å². The number of carbonyl (C=O) groups excluding carboxylic acids is 2. The van der Waals surface area contributed by atoms with Crippen molar-refractivity contribution in [2.75, 3.05) is 26.9 Å². The summed E-state index contributed by atoms with van der Waals surface area (Å²) in [6.45, 7) is 0.686. The van der Waals surface area contributed by atoms with Crippen LogP contribution in [-0.2, 0) is 30.9 Å². The Morgan fingerprint density at radius 3 is 2.63 bits per heavy atom. The van der Waals surface area contributed by atoms with E-state index in [1.54, 1.807) is 6.07 Å². The molecule has 2 heterocycles. The van der Waals surface area contributed by atoms with Crippen molar-refractivity contribution in [3.05, 3.63) is 41.9 Å². The summed E-state index contributed by atoms with van der Waals surface area (Å²) in [7, 11) is -2.52. The topological polar surface area (TPSA) is 130 Å². The summed E-state index contributed by atoms with van der Waals surface area (Å²) in [5.74, 6) is 0.0294. The molecule has 1 N–H and O–H groups in total. The van der Waals surface area contributed by atoms with Gasteiger partial charge >= 0.3 is 11.9 Å². The summed E-state index contributed by atoms with van der Waals surface area (Å²) in [5.41, 5.74) is 0. The maximum atomic E-state index is 12.4. The van der Waals surface area contributed by atoms with E-state index < -0.39 is 22.0 Å². The average Bonchev–Trinajstić information content (AvgIpc) is 3.23. The number of hydrogen-bond acceptors (Lipinski definition) is 9. The third-order valence-electron chi connectivity index (χ3n) is 4.10. The molecule has 162 valence electrons. The molecule has 0 amide bonds. The highest BCUT2D eigenvalue weighted by Gasteiger charge is 2.19. The highest BCUT2D eigenvalue weighted by Crippen LogP contribution is 2.32. The Morgan fingerprint density at radius 2 is 1.87 bits per heavy atom. The lowest BCUT2D eigenvalue weighted by atomic mass is 10.3. The average molecular weight is 439 g/mol. The van der Waals surface area contributed by atoms with E-state index in [0.29, 0.717) is 30.5 Å². The van der Waals surface area contributed by atoms with E-state index in [1.165, 1.54) is 31.4 Å². The summed E-state index contributed by atoms with van der Waals surface area (Å²) >= 11 is 0. The second-order valence-electron chi connectivity index (χ2n) is 6.23. The van der Waals surface area contributed by atoms with Crippen LogP contribution in [0.4, 0.5) is 0 Å². The number of benzene rings is 1. The van der Waals surface area contributed by atoms with Crippen LogP contribution in [0.3, 0.4) is 0 Å². The zero-order chi connectivity index (χ0) is 21.6. The van der Waals surface area contributed by atoms with Gasteiger partial charge in [-0.15, -0.1) is 0 Å². The summed E-state index contributed by atoms with van der Waals surface area (Å²) in [5, 5.41) is 0. The van der Waals surface area contributed by atoms with Crippen LogP contribution in [0.2, 0.25) is 0 Å². The molecule has 0 unspecified atom stereocenters. The molecular formula is C19H21NO9S. The van der Waals surface area contributed by atoms with Crippen LogP contribution in [0.25, 0.3) is 0 Å². The molecule has 0 aliphatic carbocycles. The Balaban J connectivity index is 1.41. The lowest BCUT2D eigenvalue weighted by molar-refractivity contribution is -0.145. The molecule has 0 saturated heterocycles. The van der Waals surface area contributed by atoms with Gasteiger partial charge in [-0.05, 0) is 30.7 Å². The number of ether oxygens (including phenoxy) is 4. The first-order valence-electron chi connectivity index (χ1n) is 9.11. The third-order valence-corrected chi connectivity index (χ3v) is 5.56. The van der Waals surface area contributed by atoms with Crippen molar-refractivity contribution in [1.82, 2.24) is 4.72 Å². The fourth-order valence-corrected chi connectivity index (χ4v) is 3.69. The smallest absolute Gasteiger partial charge is 0.373 e. The zero-order valence-corrected chi connectivity index (χ0v) is 17.0.